The second-order valence-corrected chi connectivity index (χ2v) is 10.7. The van der Waals surface area contributed by atoms with Gasteiger partial charge in [0.15, 0.2) is 5.78 Å². The number of benzene rings is 2. The summed E-state index contributed by atoms with van der Waals surface area (Å²) in [4.78, 5) is 20.8. The van der Waals surface area contributed by atoms with Crippen molar-refractivity contribution >= 4 is 45.6 Å². The predicted molar refractivity (Wildman–Crippen MR) is 145 cm³/mol. The summed E-state index contributed by atoms with van der Waals surface area (Å²) in [5.41, 5.74) is 10.0. The number of ketones is 1. The predicted octanol–water partition coefficient (Wildman–Crippen LogP) is 6.34. The van der Waals surface area contributed by atoms with E-state index in [0.29, 0.717) is 21.5 Å². The van der Waals surface area contributed by atoms with Crippen molar-refractivity contribution < 1.29 is 4.79 Å². The van der Waals surface area contributed by atoms with Crippen LogP contribution in [0.1, 0.15) is 47.5 Å². The molecule has 35 heavy (non-hydrogen) atoms. The van der Waals surface area contributed by atoms with Crippen LogP contribution in [0.4, 0.5) is 5.69 Å². The first-order valence-electron chi connectivity index (χ1n) is 12.5. The number of aromatic amines is 1. The van der Waals surface area contributed by atoms with Crippen LogP contribution in [0.2, 0.25) is 10.0 Å². The number of aromatic nitrogens is 1. The second kappa shape index (κ2) is 10.7. The number of nitrogens with zero attached hydrogens (tertiary/aromatic N) is 2. The lowest BCUT2D eigenvalue weighted by Crippen LogP contribution is -2.40. The number of rotatable bonds is 6. The van der Waals surface area contributed by atoms with E-state index in [4.69, 9.17) is 28.9 Å². The first kappa shape index (κ1) is 24.2. The highest BCUT2D eigenvalue weighted by atomic mass is 35.5. The van der Waals surface area contributed by atoms with Crippen molar-refractivity contribution in [2.24, 2.45) is 5.92 Å². The Kier molecular flexibility index (Phi) is 7.37. The molecule has 3 N–H and O–H groups in total. The fourth-order valence-electron chi connectivity index (χ4n) is 5.49. The maximum Gasteiger partial charge on any atom is 0.187 e. The first-order chi connectivity index (χ1) is 17.0. The molecule has 5 nitrogen and oxygen atoms in total. The molecule has 0 atom stereocenters. The molecular weight excluding hydrogens is 479 g/mol. The summed E-state index contributed by atoms with van der Waals surface area (Å²) in [6, 6.07) is 11.1. The molecular formula is C28H32Cl2N4O. The van der Waals surface area contributed by atoms with E-state index >= 15 is 0 Å². The van der Waals surface area contributed by atoms with Gasteiger partial charge in [0.05, 0.1) is 10.0 Å². The van der Waals surface area contributed by atoms with Crippen molar-refractivity contribution in [1.29, 1.82) is 0 Å². The Bertz CT molecular complexity index is 1220. The van der Waals surface area contributed by atoms with Gasteiger partial charge in [-0.15, -0.1) is 0 Å². The van der Waals surface area contributed by atoms with Crippen LogP contribution < -0.4 is 5.73 Å². The van der Waals surface area contributed by atoms with Crippen molar-refractivity contribution in [2.75, 3.05) is 38.5 Å². The van der Waals surface area contributed by atoms with E-state index in [0.717, 1.165) is 50.6 Å². The summed E-state index contributed by atoms with van der Waals surface area (Å²) in [5, 5.41) is 2.14. The van der Waals surface area contributed by atoms with E-state index in [9.17, 15) is 4.79 Å². The van der Waals surface area contributed by atoms with Crippen LogP contribution in [0.3, 0.4) is 0 Å². The normalized spacial score (nSPS) is 18.6. The van der Waals surface area contributed by atoms with Gasteiger partial charge in [-0.05, 0) is 92.6 Å². The summed E-state index contributed by atoms with van der Waals surface area (Å²) in [6.07, 6.45) is 10.5. The number of hydrogen-bond donors (Lipinski definition) is 2. The van der Waals surface area contributed by atoms with Crippen molar-refractivity contribution in [3.05, 3.63) is 76.0 Å². The Hall–Kier alpha value is -2.47. The SMILES string of the molecule is Nc1ccc2[nH]cc(C3CCN(CC4CCN(/C=C/C(=O)c5ccc(Cl)c(Cl)c5)CC4)CC3)c2c1. The number of nitrogens with one attached hydrogen (secondary N) is 1. The lowest BCUT2D eigenvalue weighted by molar-refractivity contribution is 0.104. The third-order valence-corrected chi connectivity index (χ3v) is 8.31. The third kappa shape index (κ3) is 5.69. The van der Waals surface area contributed by atoms with Gasteiger partial charge in [0.2, 0.25) is 0 Å². The molecule has 2 fully saturated rings. The fraction of sp³-hybridized carbons (Fsp3) is 0.393. The van der Waals surface area contributed by atoms with E-state index < -0.39 is 0 Å². The molecule has 0 bridgehead atoms. The maximum absolute atomic E-state index is 12.4. The Labute approximate surface area is 216 Å². The number of nitrogen functional groups attached to an aromatic ring is 1. The molecule has 3 heterocycles. The number of carbonyl (C=O) groups is 1. The summed E-state index contributed by atoms with van der Waals surface area (Å²) in [6.45, 7) is 5.45. The summed E-state index contributed by atoms with van der Waals surface area (Å²) >= 11 is 12.0. The Morgan fingerprint density at radius 2 is 1.77 bits per heavy atom. The largest absolute Gasteiger partial charge is 0.399 e. The van der Waals surface area contributed by atoms with E-state index in [2.05, 4.69) is 33.1 Å². The first-order valence-corrected chi connectivity index (χ1v) is 13.2. The quantitative estimate of drug-likeness (QED) is 0.230. The van der Waals surface area contributed by atoms with Crippen LogP contribution in [0.5, 0.6) is 0 Å². The second-order valence-electron chi connectivity index (χ2n) is 9.91. The van der Waals surface area contributed by atoms with E-state index in [1.807, 2.05) is 12.3 Å². The van der Waals surface area contributed by atoms with Crippen LogP contribution in [0, 0.1) is 5.92 Å². The molecule has 2 aliphatic rings. The summed E-state index contributed by atoms with van der Waals surface area (Å²) in [7, 11) is 0. The minimum Gasteiger partial charge on any atom is -0.399 e. The molecule has 0 saturated carbocycles. The van der Waals surface area contributed by atoms with Gasteiger partial charge in [0.25, 0.3) is 0 Å². The molecule has 0 radical (unpaired) electrons. The van der Waals surface area contributed by atoms with Gasteiger partial charge in [-0.3, -0.25) is 4.79 Å². The molecule has 2 aliphatic heterocycles. The molecule has 184 valence electrons. The molecule has 3 aromatic rings. The van der Waals surface area contributed by atoms with Gasteiger partial charge in [-0.2, -0.15) is 0 Å². The highest BCUT2D eigenvalue weighted by Crippen LogP contribution is 2.34. The molecule has 2 saturated heterocycles. The Balaban J connectivity index is 1.07. The van der Waals surface area contributed by atoms with Crippen molar-refractivity contribution in [1.82, 2.24) is 14.8 Å². The number of fused-ring (bicyclic) bond motifs is 1. The molecule has 0 spiro atoms. The third-order valence-electron chi connectivity index (χ3n) is 7.57. The van der Waals surface area contributed by atoms with Crippen molar-refractivity contribution in [2.45, 2.75) is 31.6 Å². The standard InChI is InChI=1S/C28H32Cl2N4O/c29-25-3-1-21(15-26(25)30)28(35)9-14-33-10-5-19(6-11-33)18-34-12-7-20(8-13-34)24-17-32-27-4-2-22(31)16-23(24)27/h1-4,9,14-17,19-20,32H,5-8,10-13,18,31H2/b14-9+. The van der Waals surface area contributed by atoms with E-state index in [1.54, 1.807) is 24.3 Å². The minimum absolute atomic E-state index is 0.0496. The van der Waals surface area contributed by atoms with Gasteiger partial charge in [0, 0.05) is 60.3 Å². The molecule has 2 aromatic carbocycles. The van der Waals surface area contributed by atoms with Gasteiger partial charge in [-0.25, -0.2) is 0 Å². The zero-order valence-electron chi connectivity index (χ0n) is 19.9. The van der Waals surface area contributed by atoms with Crippen molar-refractivity contribution in [3.8, 4) is 0 Å². The average molecular weight is 511 g/mol. The van der Waals surface area contributed by atoms with Crippen molar-refractivity contribution in [3.63, 3.8) is 0 Å². The van der Waals surface area contributed by atoms with Gasteiger partial charge in [-0.1, -0.05) is 23.2 Å². The van der Waals surface area contributed by atoms with Crippen LogP contribution in [0.15, 0.2) is 54.9 Å². The number of allylic oxidation sites excluding steroid dienone is 1. The molecule has 5 rings (SSSR count). The highest BCUT2D eigenvalue weighted by molar-refractivity contribution is 6.42. The molecule has 0 aliphatic carbocycles. The van der Waals surface area contributed by atoms with Crippen LogP contribution in [-0.2, 0) is 0 Å². The molecule has 0 amide bonds. The zero-order chi connectivity index (χ0) is 24.4. The zero-order valence-corrected chi connectivity index (χ0v) is 21.4. The number of nitrogens with two attached hydrogens (primary N) is 1. The number of hydrogen-bond acceptors (Lipinski definition) is 4. The van der Waals surface area contributed by atoms with Gasteiger partial charge >= 0.3 is 0 Å². The lowest BCUT2D eigenvalue weighted by Gasteiger charge is -2.37. The number of anilines is 1. The van der Waals surface area contributed by atoms with Gasteiger partial charge < -0.3 is 20.5 Å². The van der Waals surface area contributed by atoms with Crippen LogP contribution in [-0.4, -0.2) is 53.3 Å². The minimum atomic E-state index is -0.0496. The monoisotopic (exact) mass is 510 g/mol. The lowest BCUT2D eigenvalue weighted by atomic mass is 9.88. The summed E-state index contributed by atoms with van der Waals surface area (Å²) < 4.78 is 0. The molecule has 0 unspecified atom stereocenters. The van der Waals surface area contributed by atoms with Crippen LogP contribution >= 0.6 is 23.2 Å². The van der Waals surface area contributed by atoms with E-state index in [-0.39, 0.29) is 5.78 Å². The number of H-pyrrole nitrogens is 1. The van der Waals surface area contributed by atoms with E-state index in [1.165, 1.54) is 35.9 Å². The summed E-state index contributed by atoms with van der Waals surface area (Å²) in [5.74, 6) is 1.27. The topological polar surface area (TPSA) is 65.4 Å². The van der Waals surface area contributed by atoms with Gasteiger partial charge in [0.1, 0.15) is 0 Å². The Morgan fingerprint density at radius 1 is 1.00 bits per heavy atom. The number of likely N-dealkylation sites (tertiary alicyclic amines) is 2. The smallest absolute Gasteiger partial charge is 0.187 e. The highest BCUT2D eigenvalue weighted by Gasteiger charge is 2.26. The number of halogens is 2. The molecule has 7 heteroatoms. The number of piperidine rings is 2. The maximum atomic E-state index is 12.4. The average Bonchev–Trinajstić information content (AvgIpc) is 3.28. The Morgan fingerprint density at radius 3 is 2.51 bits per heavy atom. The molecule has 1 aromatic heterocycles. The van der Waals surface area contributed by atoms with Crippen LogP contribution in [0.25, 0.3) is 10.9 Å². The number of carbonyl (C=O) groups excluding carboxylic acids is 1. The fourth-order valence-corrected chi connectivity index (χ4v) is 5.79.